The van der Waals surface area contributed by atoms with Crippen molar-refractivity contribution in [2.75, 3.05) is 25.6 Å². The minimum atomic E-state index is -5.46. The second-order valence-corrected chi connectivity index (χ2v) is 20.0. The Morgan fingerprint density at radius 3 is 2.09 bits per heavy atom. The van der Waals surface area contributed by atoms with E-state index in [2.05, 4.69) is 66.5 Å². The number of ether oxygens (including phenoxy) is 3. The number of hydrogen-bond acceptors (Lipinski definition) is 16. The molecule has 390 valence electrons. The molecule has 2 rings (SSSR count). The largest absolute Gasteiger partial charge is 0.481 e. The third kappa shape index (κ3) is 29.2. The predicted molar refractivity (Wildman–Crippen MR) is 262 cm³/mol. The Morgan fingerprint density at radius 1 is 0.812 bits per heavy atom. The molecule has 2 heterocycles. The molecule has 1 aliphatic heterocycles. The predicted octanol–water partition coefficient (Wildman–Crippen LogP) is 8.16. The zero-order valence-corrected chi connectivity index (χ0v) is 42.1. The van der Waals surface area contributed by atoms with E-state index >= 15 is 0 Å². The van der Waals surface area contributed by atoms with Gasteiger partial charge in [-0.2, -0.15) is 9.29 Å². The lowest BCUT2D eigenvalue weighted by molar-refractivity contribution is -0.161. The quantitative estimate of drug-likeness (QED) is 0.0120. The standard InChI is InChI=1S/C48H77N3O16P2/c1-4-5-6-7-8-9-10-11-12-13-17-20-24-29-39(52)30-25-22-27-32-44(54)65-40(35-62-43(53)31-26-21-18-15-14-16-19-23-28-38(2)3)36-63-68(58,59)67-69(60,61)64-37-41-45(55)46(56)47(66-41)51-34-33-42(49)50-48(51)57/h5-6,8-9,11-12,17,20,22,24-25,29,33-34,38-41,45-47,52,55-56H,4,7,10,13-16,18-19,21,23,26-28,30-32,35-37H2,1-3H3,(H,58,59)(H,60,61)(H2,49,50,57)/b6-5-,9-8-,12-11-,20-17-,25-22-,29-24-/t39?,40-,41-,45-,46-,47-/m1/s1. The average Bonchev–Trinajstić information content (AvgIpc) is 3.56. The molecule has 0 aromatic carbocycles. The van der Waals surface area contributed by atoms with Gasteiger partial charge in [0, 0.05) is 19.0 Å². The number of unbranched alkanes of at least 4 members (excludes halogenated alkanes) is 7. The topological polar surface area (TPSA) is 286 Å². The molecule has 0 radical (unpaired) electrons. The monoisotopic (exact) mass is 1010 g/mol. The molecule has 69 heavy (non-hydrogen) atoms. The maximum atomic E-state index is 12.8. The molecule has 0 bridgehead atoms. The highest BCUT2D eigenvalue weighted by atomic mass is 31.3. The van der Waals surface area contributed by atoms with Gasteiger partial charge in [0.25, 0.3) is 0 Å². The summed E-state index contributed by atoms with van der Waals surface area (Å²) in [5.74, 6) is -0.791. The van der Waals surface area contributed by atoms with Gasteiger partial charge in [-0.3, -0.25) is 23.2 Å². The molecule has 19 nitrogen and oxygen atoms in total. The Labute approximate surface area is 407 Å². The first-order valence-electron chi connectivity index (χ1n) is 23.9. The summed E-state index contributed by atoms with van der Waals surface area (Å²) < 4.78 is 56.5. The Bertz CT molecular complexity index is 1970. The SMILES string of the molecule is CC/C=C\C/C=C\C/C=C\C/C=C\C=C/C(O)C/C=C\CCC(=O)O[C@H](COC(=O)CCCCCCCCCCC(C)C)COP(=O)(O)OP(=O)(O)OC[C@H]1O[C@@H](n2ccc(N)nc2=O)[C@H](O)[C@@H]1O. The second-order valence-electron chi connectivity index (χ2n) is 16.9. The van der Waals surface area contributed by atoms with E-state index in [1.54, 1.807) is 24.3 Å². The first kappa shape index (κ1) is 61.3. The van der Waals surface area contributed by atoms with Gasteiger partial charge in [0.2, 0.25) is 0 Å². The molecular weight excluding hydrogens is 936 g/mol. The van der Waals surface area contributed by atoms with Crippen LogP contribution in [-0.2, 0) is 46.3 Å². The normalized spacial score (nSPS) is 20.5. The van der Waals surface area contributed by atoms with E-state index in [1.165, 1.54) is 31.7 Å². The van der Waals surface area contributed by atoms with Crippen LogP contribution in [0.5, 0.6) is 0 Å². The van der Waals surface area contributed by atoms with Crippen LogP contribution >= 0.6 is 15.6 Å². The number of phosphoric ester groups is 2. The van der Waals surface area contributed by atoms with Crippen LogP contribution < -0.4 is 11.4 Å². The van der Waals surface area contributed by atoms with Crippen LogP contribution in [0.2, 0.25) is 0 Å². The lowest BCUT2D eigenvalue weighted by Crippen LogP contribution is -2.36. The number of aromatic nitrogens is 2. The number of allylic oxidation sites excluding steroid dienone is 10. The van der Waals surface area contributed by atoms with E-state index in [9.17, 15) is 48.6 Å². The van der Waals surface area contributed by atoms with Gasteiger partial charge in [0.1, 0.15) is 30.7 Å². The van der Waals surface area contributed by atoms with Gasteiger partial charge in [0.15, 0.2) is 12.3 Å². The number of esters is 2. The highest BCUT2D eigenvalue weighted by Gasteiger charge is 2.46. The molecule has 21 heteroatoms. The number of rotatable bonds is 37. The van der Waals surface area contributed by atoms with Crippen molar-refractivity contribution in [1.29, 1.82) is 0 Å². The zero-order valence-electron chi connectivity index (χ0n) is 40.4. The number of nitrogen functional groups attached to an aromatic ring is 1. The Balaban J connectivity index is 1.88. The molecule has 1 saturated heterocycles. The van der Waals surface area contributed by atoms with Crippen LogP contribution in [0.1, 0.15) is 136 Å². The Kier molecular flexibility index (Phi) is 31.3. The lowest BCUT2D eigenvalue weighted by Gasteiger charge is -2.21. The molecule has 0 amide bonds. The van der Waals surface area contributed by atoms with Crippen molar-refractivity contribution in [2.24, 2.45) is 5.92 Å². The number of carbonyl (C=O) groups excluding carboxylic acids is 2. The van der Waals surface area contributed by atoms with E-state index in [0.29, 0.717) is 12.3 Å². The molecule has 8 atom stereocenters. The summed E-state index contributed by atoms with van der Waals surface area (Å²) in [4.78, 5) is 61.7. The molecular formula is C48H77N3O16P2. The lowest BCUT2D eigenvalue weighted by atomic mass is 10.0. The first-order valence-corrected chi connectivity index (χ1v) is 26.9. The summed E-state index contributed by atoms with van der Waals surface area (Å²) in [7, 11) is -10.9. The number of nitrogens with two attached hydrogens (primary N) is 1. The van der Waals surface area contributed by atoms with Gasteiger partial charge < -0.3 is 45.1 Å². The van der Waals surface area contributed by atoms with Crippen molar-refractivity contribution in [3.63, 3.8) is 0 Å². The summed E-state index contributed by atoms with van der Waals surface area (Å²) >= 11 is 0. The van der Waals surface area contributed by atoms with Crippen molar-refractivity contribution >= 4 is 33.4 Å². The third-order valence-electron chi connectivity index (χ3n) is 10.3. The maximum absolute atomic E-state index is 12.8. The number of nitrogens with zero attached hydrogens (tertiary/aromatic N) is 2. The minimum Gasteiger partial charge on any atom is -0.462 e. The van der Waals surface area contributed by atoms with Crippen LogP contribution in [0.4, 0.5) is 5.82 Å². The highest BCUT2D eigenvalue weighted by Crippen LogP contribution is 2.60. The molecule has 7 N–H and O–H groups in total. The third-order valence-corrected chi connectivity index (χ3v) is 12.9. The van der Waals surface area contributed by atoms with E-state index < -0.39 is 89.8 Å². The van der Waals surface area contributed by atoms with Crippen molar-refractivity contribution in [3.8, 4) is 0 Å². The average molecular weight is 1010 g/mol. The minimum absolute atomic E-state index is 0.0859. The summed E-state index contributed by atoms with van der Waals surface area (Å²) in [6, 6.07) is 1.23. The van der Waals surface area contributed by atoms with Crippen LogP contribution in [0.25, 0.3) is 0 Å². The van der Waals surface area contributed by atoms with Crippen molar-refractivity contribution in [2.45, 2.75) is 167 Å². The fraction of sp³-hybridized carbons (Fsp3) is 0.625. The molecule has 1 aliphatic rings. The number of phosphoric acid groups is 2. The number of aliphatic hydroxyl groups excluding tert-OH is 3. The van der Waals surface area contributed by atoms with E-state index in [0.717, 1.165) is 62.1 Å². The van der Waals surface area contributed by atoms with E-state index in [1.807, 2.05) is 12.2 Å². The summed E-state index contributed by atoms with van der Waals surface area (Å²) in [6.45, 7) is 4.08. The molecule has 1 aromatic heterocycles. The Morgan fingerprint density at radius 2 is 1.43 bits per heavy atom. The maximum Gasteiger partial charge on any atom is 0.481 e. The summed E-state index contributed by atoms with van der Waals surface area (Å²) in [6.07, 6.45) is 29.1. The van der Waals surface area contributed by atoms with Crippen LogP contribution in [0, 0.1) is 5.92 Å². The fourth-order valence-electron chi connectivity index (χ4n) is 6.61. The molecule has 1 aromatic rings. The number of carbonyl (C=O) groups is 2. The molecule has 0 spiro atoms. The number of anilines is 1. The van der Waals surface area contributed by atoms with Crippen molar-refractivity contribution in [3.05, 3.63) is 95.7 Å². The van der Waals surface area contributed by atoms with E-state index in [-0.39, 0.29) is 31.5 Å². The summed E-state index contributed by atoms with van der Waals surface area (Å²) in [5.41, 5.74) is 4.56. The zero-order chi connectivity index (χ0) is 50.9. The van der Waals surface area contributed by atoms with Gasteiger partial charge >= 0.3 is 33.3 Å². The van der Waals surface area contributed by atoms with Gasteiger partial charge in [-0.1, -0.05) is 145 Å². The van der Waals surface area contributed by atoms with Crippen LogP contribution in [0.15, 0.2) is 90.0 Å². The van der Waals surface area contributed by atoms with Crippen LogP contribution in [-0.4, -0.2) is 96.9 Å². The summed E-state index contributed by atoms with van der Waals surface area (Å²) in [5, 5.41) is 31.2. The van der Waals surface area contributed by atoms with Crippen molar-refractivity contribution < 1.29 is 71.4 Å². The molecule has 1 fully saturated rings. The smallest absolute Gasteiger partial charge is 0.462 e. The van der Waals surface area contributed by atoms with Gasteiger partial charge in [-0.25, -0.2) is 13.9 Å². The van der Waals surface area contributed by atoms with E-state index in [4.69, 9.17) is 29.0 Å². The van der Waals surface area contributed by atoms with Gasteiger partial charge in [-0.15, -0.1) is 0 Å². The fourth-order valence-corrected chi connectivity index (χ4v) is 8.72. The molecule has 0 saturated carbocycles. The van der Waals surface area contributed by atoms with Crippen LogP contribution in [0.3, 0.4) is 0 Å². The van der Waals surface area contributed by atoms with Crippen molar-refractivity contribution in [1.82, 2.24) is 9.55 Å². The van der Waals surface area contributed by atoms with Gasteiger partial charge in [0.05, 0.1) is 19.3 Å². The number of aliphatic hydroxyl groups is 3. The highest BCUT2D eigenvalue weighted by molar-refractivity contribution is 7.61. The Hall–Kier alpha value is -3.84. The van der Waals surface area contributed by atoms with Gasteiger partial charge in [-0.05, 0) is 56.9 Å². The molecule has 3 unspecified atom stereocenters. The number of hydrogen-bond donors (Lipinski definition) is 6. The first-order chi connectivity index (χ1) is 32.9. The molecule has 0 aliphatic carbocycles. The second kappa shape index (κ2) is 35.3.